The molecular formula is C50H85N5O14S. The number of Topliss-reactive ketones (excluding diaryl/α,β-unsaturated/α-hetero) is 3. The number of carboxylic acid groups (broad SMARTS) is 1. The van der Waals surface area contributed by atoms with E-state index in [4.69, 9.17) is 19.8 Å². The first-order valence-electron chi connectivity index (χ1n) is 25.4. The summed E-state index contributed by atoms with van der Waals surface area (Å²) in [6, 6.07) is 3.71. The number of ketones is 3. The van der Waals surface area contributed by atoms with Gasteiger partial charge in [0, 0.05) is 38.8 Å². The van der Waals surface area contributed by atoms with Crippen molar-refractivity contribution in [3.63, 3.8) is 0 Å². The van der Waals surface area contributed by atoms with Gasteiger partial charge in [-0.05, 0) is 75.0 Å². The lowest BCUT2D eigenvalue weighted by Crippen LogP contribution is -2.49. The van der Waals surface area contributed by atoms with Crippen LogP contribution >= 0.6 is 0 Å². The molecule has 70 heavy (non-hydrogen) atoms. The molecule has 20 heteroatoms. The number of aromatic hydroxyl groups is 1. The summed E-state index contributed by atoms with van der Waals surface area (Å²) < 4.78 is 41.1. The zero-order chi connectivity index (χ0) is 52.0. The summed E-state index contributed by atoms with van der Waals surface area (Å²) in [6.07, 6.45) is 15.6. The highest BCUT2D eigenvalue weighted by atomic mass is 32.2. The van der Waals surface area contributed by atoms with Crippen molar-refractivity contribution in [2.75, 3.05) is 51.8 Å². The molecule has 0 aliphatic heterocycles. The molecular weight excluding hydrogens is 927 g/mol. The average molecular weight is 1010 g/mol. The van der Waals surface area contributed by atoms with Crippen LogP contribution in [-0.2, 0) is 59.6 Å². The third-order valence-corrected chi connectivity index (χ3v) is 12.4. The van der Waals surface area contributed by atoms with Crippen molar-refractivity contribution in [2.24, 2.45) is 11.7 Å². The van der Waals surface area contributed by atoms with Crippen molar-refractivity contribution in [1.29, 1.82) is 0 Å². The standard InChI is InChI=1S/C50H85N5O14S/c1-38(2)33-42(58)35-53-43(46(59)36-54-45(49(51)62)34-39-22-24-41(57)25-23-39)20-15-16-28-52-48(61)37-69-31-30-68-29-18-19-40(56)26-27-44(50(63)64)55-47(60)21-14-12-10-8-6-4-3-5-7-9-11-13-17-32-70(65,66)67/h22-25,38,43-45,53-54,57H,3-21,26-37H2,1-2H3,(H2,51,62)(H,52,61)(H,55,60)(H,63,64)(H,65,66,67)/t43-,44-,45-/m0/s1. The van der Waals surface area contributed by atoms with Gasteiger partial charge in [0.15, 0.2) is 5.78 Å². The summed E-state index contributed by atoms with van der Waals surface area (Å²) in [7, 11) is -3.85. The van der Waals surface area contributed by atoms with Gasteiger partial charge in [-0.2, -0.15) is 8.42 Å². The topological polar surface area (TPSA) is 307 Å². The van der Waals surface area contributed by atoms with E-state index in [0.29, 0.717) is 51.5 Å². The van der Waals surface area contributed by atoms with Crippen LogP contribution in [0.3, 0.4) is 0 Å². The second-order valence-electron chi connectivity index (χ2n) is 18.5. The lowest BCUT2D eigenvalue weighted by atomic mass is 10.0. The number of hydrogen-bond donors (Lipinski definition) is 8. The highest BCUT2D eigenvalue weighted by molar-refractivity contribution is 7.85. The van der Waals surface area contributed by atoms with E-state index in [1.165, 1.54) is 12.1 Å². The maximum absolute atomic E-state index is 13.3. The number of benzene rings is 1. The molecule has 1 aromatic rings. The molecule has 0 heterocycles. The number of nitrogens with one attached hydrogen (secondary N) is 4. The summed E-state index contributed by atoms with van der Waals surface area (Å²) in [4.78, 5) is 86.6. The summed E-state index contributed by atoms with van der Waals surface area (Å²) in [5.41, 5.74) is 6.34. The third-order valence-electron chi connectivity index (χ3n) is 11.6. The zero-order valence-electron chi connectivity index (χ0n) is 41.9. The van der Waals surface area contributed by atoms with E-state index < -0.39 is 40.1 Å². The molecule has 0 saturated carbocycles. The van der Waals surface area contributed by atoms with E-state index in [0.717, 1.165) is 76.2 Å². The normalized spacial score (nSPS) is 12.9. The highest BCUT2D eigenvalue weighted by Gasteiger charge is 2.23. The number of rotatable bonds is 47. The molecule has 0 aromatic heterocycles. The number of carbonyl (C=O) groups excluding carboxylic acids is 6. The van der Waals surface area contributed by atoms with E-state index in [9.17, 15) is 52.2 Å². The summed E-state index contributed by atoms with van der Waals surface area (Å²) in [5, 5.41) is 30.4. The summed E-state index contributed by atoms with van der Waals surface area (Å²) in [6.45, 7) is 4.54. The molecule has 9 N–H and O–H groups in total. The second kappa shape index (κ2) is 39.3. The largest absolute Gasteiger partial charge is 0.508 e. The van der Waals surface area contributed by atoms with Crippen molar-refractivity contribution in [1.82, 2.24) is 21.3 Å². The van der Waals surface area contributed by atoms with Crippen molar-refractivity contribution >= 4 is 51.2 Å². The molecule has 3 atom stereocenters. The van der Waals surface area contributed by atoms with Gasteiger partial charge in [-0.25, -0.2) is 4.79 Å². The van der Waals surface area contributed by atoms with E-state index in [1.54, 1.807) is 12.1 Å². The Morgan fingerprint density at radius 3 is 1.80 bits per heavy atom. The van der Waals surface area contributed by atoms with Gasteiger partial charge >= 0.3 is 5.97 Å². The van der Waals surface area contributed by atoms with Gasteiger partial charge in [-0.3, -0.25) is 38.6 Å². The van der Waals surface area contributed by atoms with Crippen molar-refractivity contribution in [2.45, 2.75) is 180 Å². The van der Waals surface area contributed by atoms with Crippen LogP contribution in [0.2, 0.25) is 0 Å². The number of amides is 3. The number of hydrogen-bond acceptors (Lipinski definition) is 14. The van der Waals surface area contributed by atoms with E-state index in [1.807, 2.05) is 13.8 Å². The molecule has 0 bridgehead atoms. The first-order valence-corrected chi connectivity index (χ1v) is 27.0. The second-order valence-corrected chi connectivity index (χ2v) is 20.1. The SMILES string of the molecule is CC(C)CC(=O)CN[C@@H](CCCCNC(=O)COCCOCCCC(=O)CC[C@H](NC(=O)CCCCCCCCCCCCCCCS(=O)(=O)O)C(=O)O)C(=O)CN[C@@H](Cc1ccc(O)cc1)C(N)=O. The predicted octanol–water partition coefficient (Wildman–Crippen LogP) is 4.89. The Balaban J connectivity index is 2.18. The Hall–Kier alpha value is -4.34. The number of phenols is 1. The van der Waals surface area contributed by atoms with Gasteiger partial charge in [0.05, 0.1) is 44.1 Å². The third kappa shape index (κ3) is 36.6. The number of phenolic OH excluding ortho intramolecular Hbond substituents is 1. The average Bonchev–Trinajstić information content (AvgIpc) is 3.29. The van der Waals surface area contributed by atoms with E-state index in [-0.39, 0.29) is 118 Å². The molecule has 1 rings (SSSR count). The zero-order valence-corrected chi connectivity index (χ0v) is 42.7. The molecule has 1 aromatic carbocycles. The molecule has 0 aliphatic rings. The van der Waals surface area contributed by atoms with Crippen LogP contribution < -0.4 is 27.0 Å². The summed E-state index contributed by atoms with van der Waals surface area (Å²) >= 11 is 0. The van der Waals surface area contributed by atoms with Crippen LogP contribution in [-0.4, -0.2) is 134 Å². The minimum absolute atomic E-state index is 0.00513. The van der Waals surface area contributed by atoms with Gasteiger partial charge in [0.1, 0.15) is 30.0 Å². The highest BCUT2D eigenvalue weighted by Crippen LogP contribution is 2.15. The minimum atomic E-state index is -3.85. The fourth-order valence-corrected chi connectivity index (χ4v) is 8.18. The summed E-state index contributed by atoms with van der Waals surface area (Å²) in [5.74, 6) is -2.76. The number of carbonyl (C=O) groups is 7. The number of nitrogens with two attached hydrogens (primary N) is 1. The minimum Gasteiger partial charge on any atom is -0.508 e. The van der Waals surface area contributed by atoms with E-state index >= 15 is 0 Å². The van der Waals surface area contributed by atoms with E-state index in [2.05, 4.69) is 21.3 Å². The van der Waals surface area contributed by atoms with Crippen LogP contribution in [0, 0.1) is 5.92 Å². The number of aliphatic carboxylic acids is 1. The molecule has 19 nitrogen and oxygen atoms in total. The van der Waals surface area contributed by atoms with Crippen LogP contribution in [0.4, 0.5) is 0 Å². The predicted molar refractivity (Wildman–Crippen MR) is 267 cm³/mol. The maximum Gasteiger partial charge on any atom is 0.326 e. The van der Waals surface area contributed by atoms with Gasteiger partial charge in [-0.1, -0.05) is 96.6 Å². The smallest absolute Gasteiger partial charge is 0.326 e. The van der Waals surface area contributed by atoms with Crippen LogP contribution in [0.1, 0.15) is 161 Å². The van der Waals surface area contributed by atoms with Crippen molar-refractivity contribution in [3.05, 3.63) is 29.8 Å². The molecule has 0 radical (unpaired) electrons. The molecule has 0 unspecified atom stereocenters. The molecule has 0 spiro atoms. The van der Waals surface area contributed by atoms with Gasteiger partial charge in [0.2, 0.25) is 17.7 Å². The van der Waals surface area contributed by atoms with Crippen LogP contribution in [0.5, 0.6) is 5.75 Å². The Bertz CT molecular complexity index is 1780. The van der Waals surface area contributed by atoms with Crippen LogP contribution in [0.25, 0.3) is 0 Å². The van der Waals surface area contributed by atoms with Gasteiger partial charge < -0.3 is 41.4 Å². The Kier molecular flexibility index (Phi) is 35.7. The first kappa shape index (κ1) is 63.7. The molecule has 0 aliphatic carbocycles. The number of carboxylic acids is 1. The number of primary amides is 1. The maximum atomic E-state index is 13.3. The monoisotopic (exact) mass is 1010 g/mol. The fourth-order valence-electron chi connectivity index (χ4n) is 7.61. The van der Waals surface area contributed by atoms with Gasteiger partial charge in [-0.15, -0.1) is 0 Å². The molecule has 400 valence electrons. The number of ether oxygens (including phenoxy) is 2. The van der Waals surface area contributed by atoms with Crippen molar-refractivity contribution in [3.8, 4) is 5.75 Å². The van der Waals surface area contributed by atoms with Gasteiger partial charge in [0.25, 0.3) is 10.1 Å². The Morgan fingerprint density at radius 1 is 0.629 bits per heavy atom. The Labute approximate surface area is 416 Å². The fraction of sp³-hybridized carbons (Fsp3) is 0.740. The van der Waals surface area contributed by atoms with Crippen molar-refractivity contribution < 1.29 is 66.2 Å². The lowest BCUT2D eigenvalue weighted by Gasteiger charge is -2.20. The molecule has 3 amide bonds. The van der Waals surface area contributed by atoms with Crippen LogP contribution in [0.15, 0.2) is 24.3 Å². The Morgan fingerprint density at radius 2 is 1.21 bits per heavy atom. The quantitative estimate of drug-likeness (QED) is 0.0318. The molecule has 0 saturated heterocycles. The lowest BCUT2D eigenvalue weighted by molar-refractivity contribution is -0.142. The number of unbranched alkanes of at least 4 members (excludes halogenated alkanes) is 13. The first-order chi connectivity index (χ1) is 33.4. The molecule has 0 fully saturated rings.